The maximum Gasteiger partial charge on any atom is 0.416 e. The van der Waals surface area contributed by atoms with Crippen LogP contribution in [0.4, 0.5) is 13.2 Å². The Morgan fingerprint density at radius 3 is 2.29 bits per heavy atom. The van der Waals surface area contributed by atoms with E-state index in [4.69, 9.17) is 11.0 Å². The largest absolute Gasteiger partial charge is 0.416 e. The number of primary amides is 1. The number of halogens is 3. The SMILES string of the molecule is C[C@@H](CC#N)[C@@H](NC(=O)[C@H](O)c1ccc(C(F)(F)F)cc1)C(N)=O. The molecule has 0 aromatic heterocycles. The number of carbonyl (C=O) groups excluding carboxylic acids is 2. The first-order valence-corrected chi connectivity index (χ1v) is 6.89. The third kappa shape index (κ3) is 4.96. The number of rotatable bonds is 6. The van der Waals surface area contributed by atoms with Gasteiger partial charge in [-0.25, -0.2) is 0 Å². The van der Waals surface area contributed by atoms with Crippen LogP contribution in [0.15, 0.2) is 24.3 Å². The van der Waals surface area contributed by atoms with Crippen molar-refractivity contribution in [2.24, 2.45) is 11.7 Å². The number of amides is 2. The summed E-state index contributed by atoms with van der Waals surface area (Å²) in [4.78, 5) is 23.3. The Labute approximate surface area is 136 Å². The van der Waals surface area contributed by atoms with Crippen LogP contribution in [0.5, 0.6) is 0 Å². The van der Waals surface area contributed by atoms with Crippen molar-refractivity contribution in [3.8, 4) is 6.07 Å². The van der Waals surface area contributed by atoms with Gasteiger partial charge in [0, 0.05) is 6.42 Å². The van der Waals surface area contributed by atoms with Gasteiger partial charge in [0.25, 0.3) is 5.91 Å². The van der Waals surface area contributed by atoms with E-state index in [0.29, 0.717) is 0 Å². The Kier molecular flexibility index (Phi) is 6.31. The fraction of sp³-hybridized carbons (Fsp3) is 0.400. The number of aliphatic hydroxyl groups is 1. The molecular formula is C15H16F3N3O3. The van der Waals surface area contributed by atoms with Gasteiger partial charge >= 0.3 is 6.18 Å². The highest BCUT2D eigenvalue weighted by Crippen LogP contribution is 2.30. The lowest BCUT2D eigenvalue weighted by atomic mass is 9.97. The molecule has 0 saturated heterocycles. The van der Waals surface area contributed by atoms with E-state index in [-0.39, 0.29) is 12.0 Å². The second kappa shape index (κ2) is 7.79. The quantitative estimate of drug-likeness (QED) is 0.721. The topological polar surface area (TPSA) is 116 Å². The molecular weight excluding hydrogens is 327 g/mol. The van der Waals surface area contributed by atoms with Crippen LogP contribution in [-0.2, 0) is 15.8 Å². The van der Waals surface area contributed by atoms with Crippen LogP contribution in [0.2, 0.25) is 0 Å². The molecule has 3 atom stereocenters. The smallest absolute Gasteiger partial charge is 0.378 e. The number of alkyl halides is 3. The van der Waals surface area contributed by atoms with Crippen LogP contribution in [-0.4, -0.2) is 23.0 Å². The zero-order valence-electron chi connectivity index (χ0n) is 12.7. The lowest BCUT2D eigenvalue weighted by molar-refractivity contribution is -0.137. The highest BCUT2D eigenvalue weighted by molar-refractivity contribution is 5.89. The second-order valence-corrected chi connectivity index (χ2v) is 5.25. The Balaban J connectivity index is 2.86. The van der Waals surface area contributed by atoms with Crippen LogP contribution in [0.3, 0.4) is 0 Å². The van der Waals surface area contributed by atoms with Gasteiger partial charge in [-0.15, -0.1) is 0 Å². The van der Waals surface area contributed by atoms with Gasteiger partial charge in [-0.05, 0) is 23.6 Å². The molecule has 0 radical (unpaired) electrons. The van der Waals surface area contributed by atoms with Gasteiger partial charge < -0.3 is 16.2 Å². The summed E-state index contributed by atoms with van der Waals surface area (Å²) in [5.74, 6) is -2.47. The molecule has 0 bridgehead atoms. The molecule has 9 heteroatoms. The first kappa shape index (κ1) is 19.4. The summed E-state index contributed by atoms with van der Waals surface area (Å²) >= 11 is 0. The number of nitriles is 1. The average molecular weight is 343 g/mol. The monoisotopic (exact) mass is 343 g/mol. The molecule has 1 rings (SSSR count). The molecule has 0 fully saturated rings. The second-order valence-electron chi connectivity index (χ2n) is 5.25. The number of hydrogen-bond donors (Lipinski definition) is 3. The van der Waals surface area contributed by atoms with Crippen LogP contribution < -0.4 is 11.1 Å². The zero-order chi connectivity index (χ0) is 18.5. The molecule has 0 aliphatic rings. The van der Waals surface area contributed by atoms with Crippen molar-refractivity contribution < 1.29 is 27.9 Å². The lowest BCUT2D eigenvalue weighted by Crippen LogP contribution is -2.49. The van der Waals surface area contributed by atoms with Crippen molar-refractivity contribution in [1.29, 1.82) is 5.26 Å². The minimum absolute atomic E-state index is 0.0513. The average Bonchev–Trinajstić information content (AvgIpc) is 2.50. The van der Waals surface area contributed by atoms with Crippen LogP contribution in [0, 0.1) is 17.2 Å². The number of nitrogens with zero attached hydrogens (tertiary/aromatic N) is 1. The third-order valence-electron chi connectivity index (χ3n) is 3.39. The number of nitrogens with two attached hydrogens (primary N) is 1. The van der Waals surface area contributed by atoms with Gasteiger partial charge in [-0.1, -0.05) is 19.1 Å². The third-order valence-corrected chi connectivity index (χ3v) is 3.39. The normalized spacial score (nSPS) is 15.0. The van der Waals surface area contributed by atoms with Gasteiger partial charge in [-0.3, -0.25) is 9.59 Å². The Hall–Kier alpha value is -2.60. The molecule has 0 unspecified atom stereocenters. The van der Waals surface area contributed by atoms with Crippen molar-refractivity contribution in [3.05, 3.63) is 35.4 Å². The van der Waals surface area contributed by atoms with Gasteiger partial charge in [-0.2, -0.15) is 18.4 Å². The molecule has 0 aliphatic carbocycles. The summed E-state index contributed by atoms with van der Waals surface area (Å²) < 4.78 is 37.4. The highest BCUT2D eigenvalue weighted by Gasteiger charge is 2.31. The fourth-order valence-corrected chi connectivity index (χ4v) is 1.99. The van der Waals surface area contributed by atoms with Gasteiger partial charge in [0.2, 0.25) is 5.91 Å². The molecule has 1 aromatic rings. The lowest BCUT2D eigenvalue weighted by Gasteiger charge is -2.22. The number of nitrogens with one attached hydrogen (secondary N) is 1. The molecule has 0 heterocycles. The van der Waals surface area contributed by atoms with E-state index < -0.39 is 41.6 Å². The van der Waals surface area contributed by atoms with Crippen molar-refractivity contribution in [2.75, 3.05) is 0 Å². The van der Waals surface area contributed by atoms with E-state index in [1.807, 2.05) is 6.07 Å². The maximum absolute atomic E-state index is 12.5. The molecule has 2 amide bonds. The standard InChI is InChI=1S/C15H16F3N3O3/c1-8(6-7-19)11(13(20)23)21-14(24)12(22)9-2-4-10(5-3-9)15(16,17)18/h2-5,8,11-12,22H,6H2,1H3,(H2,20,23)(H,21,24)/t8-,11+,12+/m0/s1. The maximum atomic E-state index is 12.5. The van der Waals surface area contributed by atoms with Crippen LogP contribution in [0.25, 0.3) is 0 Å². The van der Waals surface area contributed by atoms with E-state index in [1.54, 1.807) is 0 Å². The van der Waals surface area contributed by atoms with Gasteiger partial charge in [0.05, 0.1) is 11.6 Å². The van der Waals surface area contributed by atoms with E-state index in [9.17, 15) is 27.9 Å². The predicted molar refractivity (Wildman–Crippen MR) is 76.9 cm³/mol. The van der Waals surface area contributed by atoms with E-state index in [0.717, 1.165) is 24.3 Å². The molecule has 0 spiro atoms. The summed E-state index contributed by atoms with van der Waals surface area (Å²) in [6, 6.07) is 4.04. The Bertz CT molecular complexity index is 638. The molecule has 1 aromatic carbocycles. The summed E-state index contributed by atoms with van der Waals surface area (Å²) in [6.07, 6.45) is -6.36. The molecule has 4 N–H and O–H groups in total. The number of carbonyl (C=O) groups is 2. The molecule has 6 nitrogen and oxygen atoms in total. The molecule has 24 heavy (non-hydrogen) atoms. The van der Waals surface area contributed by atoms with E-state index >= 15 is 0 Å². The van der Waals surface area contributed by atoms with Crippen molar-refractivity contribution in [1.82, 2.24) is 5.32 Å². The highest BCUT2D eigenvalue weighted by atomic mass is 19.4. The van der Waals surface area contributed by atoms with Crippen LogP contribution >= 0.6 is 0 Å². The Morgan fingerprint density at radius 2 is 1.88 bits per heavy atom. The zero-order valence-corrected chi connectivity index (χ0v) is 12.7. The van der Waals surface area contributed by atoms with E-state index in [1.165, 1.54) is 6.92 Å². The minimum Gasteiger partial charge on any atom is -0.378 e. The first-order chi connectivity index (χ1) is 11.1. The minimum atomic E-state index is -4.53. The van der Waals surface area contributed by atoms with Gasteiger partial charge in [0.1, 0.15) is 6.04 Å². The summed E-state index contributed by atoms with van der Waals surface area (Å²) in [7, 11) is 0. The van der Waals surface area contributed by atoms with Gasteiger partial charge in [0.15, 0.2) is 6.10 Å². The molecule has 0 saturated carbocycles. The number of hydrogen-bond acceptors (Lipinski definition) is 4. The van der Waals surface area contributed by atoms with Crippen LogP contribution in [0.1, 0.15) is 30.6 Å². The molecule has 0 aliphatic heterocycles. The van der Waals surface area contributed by atoms with Crippen molar-refractivity contribution in [2.45, 2.75) is 31.7 Å². The number of benzene rings is 1. The Morgan fingerprint density at radius 1 is 1.33 bits per heavy atom. The first-order valence-electron chi connectivity index (χ1n) is 6.89. The fourth-order valence-electron chi connectivity index (χ4n) is 1.99. The predicted octanol–water partition coefficient (Wildman–Crippen LogP) is 1.26. The summed E-state index contributed by atoms with van der Waals surface area (Å²) in [5, 5.41) is 20.7. The van der Waals surface area contributed by atoms with E-state index in [2.05, 4.69) is 5.32 Å². The van der Waals surface area contributed by atoms with Crippen molar-refractivity contribution in [3.63, 3.8) is 0 Å². The van der Waals surface area contributed by atoms with Crippen molar-refractivity contribution >= 4 is 11.8 Å². The number of aliphatic hydroxyl groups excluding tert-OH is 1. The summed E-state index contributed by atoms with van der Waals surface area (Å²) in [5.41, 5.74) is 4.16. The summed E-state index contributed by atoms with van der Waals surface area (Å²) in [6.45, 7) is 1.52. The molecule has 130 valence electrons.